The van der Waals surface area contributed by atoms with Crippen LogP contribution in [-0.4, -0.2) is 56.7 Å². The van der Waals surface area contributed by atoms with E-state index in [2.05, 4.69) is 25.6 Å². The molecule has 146 valence electrons. The number of carbonyl (C=O) groups is 2. The summed E-state index contributed by atoms with van der Waals surface area (Å²) in [7, 11) is 0. The molecule has 0 spiro atoms. The first kappa shape index (κ1) is 19.6. The average molecular weight is 383 g/mol. The molecule has 2 amide bonds. The fourth-order valence-corrected chi connectivity index (χ4v) is 2.73. The number of aliphatic hydroxyl groups is 1. The van der Waals surface area contributed by atoms with Crippen molar-refractivity contribution in [3.8, 4) is 0 Å². The van der Waals surface area contributed by atoms with Crippen LogP contribution in [0.5, 0.6) is 0 Å². The molecule has 0 aliphatic carbocycles. The van der Waals surface area contributed by atoms with Crippen LogP contribution < -0.4 is 10.6 Å². The van der Waals surface area contributed by atoms with Crippen molar-refractivity contribution in [1.82, 2.24) is 25.6 Å². The van der Waals surface area contributed by atoms with Crippen molar-refractivity contribution in [1.29, 1.82) is 0 Å². The Morgan fingerprint density at radius 2 is 2.07 bits per heavy atom. The predicted octanol–water partition coefficient (Wildman–Crippen LogP) is -0.00760. The van der Waals surface area contributed by atoms with Crippen molar-refractivity contribution in [2.75, 3.05) is 6.61 Å². The Balaban J connectivity index is 1.52. The van der Waals surface area contributed by atoms with Gasteiger partial charge < -0.3 is 20.5 Å². The fraction of sp³-hybridized carbons (Fsp3) is 0.316. The van der Waals surface area contributed by atoms with Crippen LogP contribution in [0.15, 0.2) is 55.3 Å². The molecule has 2 aromatic heterocycles. The number of hydrogen-bond donors (Lipinski definition) is 3. The molecule has 1 aliphatic heterocycles. The van der Waals surface area contributed by atoms with Gasteiger partial charge in [0.2, 0.25) is 5.91 Å². The van der Waals surface area contributed by atoms with E-state index in [4.69, 9.17) is 4.74 Å². The molecule has 0 saturated carbocycles. The minimum Gasteiger partial charge on any atom is -0.394 e. The number of carbonyl (C=O) groups excluding carboxylic acids is 2. The van der Waals surface area contributed by atoms with Crippen molar-refractivity contribution in [3.05, 3.63) is 66.5 Å². The minimum absolute atomic E-state index is 0.0986. The first-order valence-corrected chi connectivity index (χ1v) is 8.83. The van der Waals surface area contributed by atoms with E-state index >= 15 is 0 Å². The van der Waals surface area contributed by atoms with E-state index in [0.29, 0.717) is 17.8 Å². The quantitative estimate of drug-likeness (QED) is 0.574. The monoisotopic (exact) mass is 383 g/mol. The van der Waals surface area contributed by atoms with E-state index in [1.54, 1.807) is 42.7 Å². The zero-order valence-corrected chi connectivity index (χ0v) is 15.1. The van der Waals surface area contributed by atoms with Crippen LogP contribution >= 0.6 is 0 Å². The van der Waals surface area contributed by atoms with Gasteiger partial charge in [-0.3, -0.25) is 14.6 Å². The van der Waals surface area contributed by atoms with Gasteiger partial charge in [-0.05, 0) is 18.2 Å². The topological polar surface area (TPSA) is 126 Å². The summed E-state index contributed by atoms with van der Waals surface area (Å²) in [5.41, 5.74) is 1.12. The molecule has 3 heterocycles. The van der Waals surface area contributed by atoms with Gasteiger partial charge in [0.25, 0.3) is 5.91 Å². The van der Waals surface area contributed by atoms with Crippen LogP contribution in [0, 0.1) is 0 Å². The Morgan fingerprint density at radius 1 is 1.18 bits per heavy atom. The number of nitrogens with zero attached hydrogens (tertiary/aromatic N) is 3. The zero-order chi connectivity index (χ0) is 19.8. The number of aromatic nitrogens is 3. The van der Waals surface area contributed by atoms with Gasteiger partial charge in [0.15, 0.2) is 0 Å². The molecule has 3 rings (SSSR count). The second-order valence-electron chi connectivity index (χ2n) is 6.20. The third-order valence-electron chi connectivity index (χ3n) is 4.18. The molecule has 0 bridgehead atoms. The van der Waals surface area contributed by atoms with Gasteiger partial charge in [-0.25, -0.2) is 9.97 Å². The molecule has 0 saturated heterocycles. The number of nitrogens with one attached hydrogen (secondary N) is 2. The standard InChI is InChI=1S/C19H21N5O4/c25-11-17-16(24-19(27)13-2-1-6-20-9-13)4-3-15(28-17)8-18(26)22-10-14-5-7-21-12-23-14/h1-7,9,12,15-17,25H,8,10-11H2,(H,22,26)(H,24,27)/t15-,16-,17+/m1/s1. The number of rotatable bonds is 7. The van der Waals surface area contributed by atoms with E-state index in [1.165, 1.54) is 12.5 Å². The number of ether oxygens (including phenoxy) is 1. The molecule has 0 radical (unpaired) electrons. The fourth-order valence-electron chi connectivity index (χ4n) is 2.73. The summed E-state index contributed by atoms with van der Waals surface area (Å²) < 4.78 is 5.75. The predicted molar refractivity (Wildman–Crippen MR) is 98.9 cm³/mol. The van der Waals surface area contributed by atoms with Gasteiger partial charge in [0.1, 0.15) is 12.4 Å². The van der Waals surface area contributed by atoms with Gasteiger partial charge in [0, 0.05) is 18.6 Å². The van der Waals surface area contributed by atoms with Crippen LogP contribution in [0.1, 0.15) is 22.5 Å². The highest BCUT2D eigenvalue weighted by atomic mass is 16.5. The summed E-state index contributed by atoms with van der Waals surface area (Å²) >= 11 is 0. The van der Waals surface area contributed by atoms with Crippen LogP contribution in [0.25, 0.3) is 0 Å². The van der Waals surface area contributed by atoms with Crippen LogP contribution in [-0.2, 0) is 16.1 Å². The largest absolute Gasteiger partial charge is 0.394 e. The lowest BCUT2D eigenvalue weighted by Gasteiger charge is -2.31. The number of amides is 2. The second kappa shape index (κ2) is 9.67. The summed E-state index contributed by atoms with van der Waals surface area (Å²) in [6.07, 6.45) is 8.47. The highest BCUT2D eigenvalue weighted by Crippen LogP contribution is 2.16. The van der Waals surface area contributed by atoms with Crippen molar-refractivity contribution >= 4 is 11.8 Å². The van der Waals surface area contributed by atoms with Crippen LogP contribution in [0.4, 0.5) is 0 Å². The van der Waals surface area contributed by atoms with E-state index in [-0.39, 0.29) is 24.8 Å². The van der Waals surface area contributed by atoms with E-state index in [9.17, 15) is 14.7 Å². The molecule has 0 unspecified atom stereocenters. The lowest BCUT2D eigenvalue weighted by atomic mass is 10.0. The average Bonchev–Trinajstić information content (AvgIpc) is 2.74. The molecule has 3 atom stereocenters. The Hall–Kier alpha value is -3.17. The zero-order valence-electron chi connectivity index (χ0n) is 15.1. The smallest absolute Gasteiger partial charge is 0.253 e. The van der Waals surface area contributed by atoms with E-state index < -0.39 is 18.2 Å². The lowest BCUT2D eigenvalue weighted by molar-refractivity contribution is -0.125. The molecule has 3 N–H and O–H groups in total. The van der Waals surface area contributed by atoms with Gasteiger partial charge in [-0.15, -0.1) is 0 Å². The molecule has 2 aromatic rings. The van der Waals surface area contributed by atoms with Crippen LogP contribution in [0.3, 0.4) is 0 Å². The molecule has 0 fully saturated rings. The summed E-state index contributed by atoms with van der Waals surface area (Å²) in [4.78, 5) is 36.1. The maximum Gasteiger partial charge on any atom is 0.253 e. The van der Waals surface area contributed by atoms with Crippen molar-refractivity contribution in [2.45, 2.75) is 31.2 Å². The number of aliphatic hydroxyl groups excluding tert-OH is 1. The Bertz CT molecular complexity index is 816. The third kappa shape index (κ3) is 5.41. The maximum atomic E-state index is 12.3. The molecule has 28 heavy (non-hydrogen) atoms. The first-order chi connectivity index (χ1) is 13.7. The van der Waals surface area contributed by atoms with Crippen molar-refractivity contribution in [2.24, 2.45) is 0 Å². The number of hydrogen-bond acceptors (Lipinski definition) is 7. The molecule has 1 aliphatic rings. The van der Waals surface area contributed by atoms with Crippen LogP contribution in [0.2, 0.25) is 0 Å². The maximum absolute atomic E-state index is 12.3. The summed E-state index contributed by atoms with van der Waals surface area (Å²) in [6, 6.07) is 4.53. The number of pyridine rings is 1. The van der Waals surface area contributed by atoms with E-state index in [1.807, 2.05) is 0 Å². The van der Waals surface area contributed by atoms with Gasteiger partial charge in [-0.1, -0.05) is 12.2 Å². The molecular weight excluding hydrogens is 362 g/mol. The minimum atomic E-state index is -0.648. The van der Waals surface area contributed by atoms with Gasteiger partial charge >= 0.3 is 0 Å². The Kier molecular flexibility index (Phi) is 6.77. The highest BCUT2D eigenvalue weighted by Gasteiger charge is 2.29. The molecule has 0 aromatic carbocycles. The Labute approximate surface area is 161 Å². The van der Waals surface area contributed by atoms with E-state index in [0.717, 1.165) is 0 Å². The SMILES string of the molecule is O=C(C[C@H]1C=C[C@@H](NC(=O)c2cccnc2)[C@H](CO)O1)NCc1ccncn1. The van der Waals surface area contributed by atoms with Crippen molar-refractivity contribution < 1.29 is 19.4 Å². The van der Waals surface area contributed by atoms with Gasteiger partial charge in [-0.2, -0.15) is 0 Å². The third-order valence-corrected chi connectivity index (χ3v) is 4.18. The molecular formula is C19H21N5O4. The normalized spacial score (nSPS) is 21.1. The lowest BCUT2D eigenvalue weighted by Crippen LogP contribution is -2.49. The first-order valence-electron chi connectivity index (χ1n) is 8.83. The van der Waals surface area contributed by atoms with Crippen molar-refractivity contribution in [3.63, 3.8) is 0 Å². The summed E-state index contributed by atoms with van der Waals surface area (Å²) in [5, 5.41) is 15.2. The summed E-state index contributed by atoms with van der Waals surface area (Å²) in [5.74, 6) is -0.520. The van der Waals surface area contributed by atoms with Gasteiger partial charge in [0.05, 0.1) is 43.0 Å². The second-order valence-corrected chi connectivity index (χ2v) is 6.20. The molecule has 9 nitrogen and oxygen atoms in total. The highest BCUT2D eigenvalue weighted by molar-refractivity contribution is 5.94. The Morgan fingerprint density at radius 3 is 2.79 bits per heavy atom. The summed E-state index contributed by atoms with van der Waals surface area (Å²) in [6.45, 7) is 0.00634. The molecule has 9 heteroatoms.